The minimum absolute atomic E-state index is 0.0919. The first-order chi connectivity index (χ1) is 6.93. The molecule has 1 heterocycles. The predicted molar refractivity (Wildman–Crippen MR) is 56.5 cm³/mol. The Morgan fingerprint density at radius 1 is 1.47 bits per heavy atom. The number of alkyl halides is 2. The smallest absolute Gasteiger partial charge is 0.317 e. The summed E-state index contributed by atoms with van der Waals surface area (Å²) in [7, 11) is 0. The van der Waals surface area contributed by atoms with Gasteiger partial charge in [-0.1, -0.05) is 0 Å². The van der Waals surface area contributed by atoms with E-state index in [9.17, 15) is 13.6 Å². The highest BCUT2D eigenvalue weighted by atomic mass is 127. The number of aliphatic hydroxyl groups is 1. The zero-order valence-electron chi connectivity index (χ0n) is 7.30. The van der Waals surface area contributed by atoms with Crippen LogP contribution in [0.1, 0.15) is 15.9 Å². The quantitative estimate of drug-likeness (QED) is 0.710. The molecule has 0 saturated carbocycles. The fraction of sp³-hybridized carbons (Fsp3) is 0.222. The Balaban J connectivity index is 2.66. The van der Waals surface area contributed by atoms with Crippen molar-refractivity contribution in [1.82, 2.24) is 5.32 Å². The summed E-state index contributed by atoms with van der Waals surface area (Å²) in [6.45, 7) is 0. The van der Waals surface area contributed by atoms with Crippen LogP contribution >= 0.6 is 22.6 Å². The van der Waals surface area contributed by atoms with Crippen molar-refractivity contribution < 1.29 is 18.7 Å². The van der Waals surface area contributed by atoms with E-state index in [1.807, 2.05) is 27.9 Å². The number of halogens is 3. The lowest BCUT2D eigenvalue weighted by atomic mass is 9.96. The van der Waals surface area contributed by atoms with Gasteiger partial charge in [-0.2, -0.15) is 8.78 Å². The molecule has 0 fully saturated rings. The monoisotopic (exact) mass is 325 g/mol. The third-order valence-electron chi connectivity index (χ3n) is 2.20. The van der Waals surface area contributed by atoms with Gasteiger partial charge in [0.05, 0.1) is 0 Å². The Hall–Kier alpha value is -0.760. The summed E-state index contributed by atoms with van der Waals surface area (Å²) in [5, 5.41) is 10.9. The van der Waals surface area contributed by atoms with Gasteiger partial charge in [-0.3, -0.25) is 4.79 Å². The maximum atomic E-state index is 13.5. The van der Waals surface area contributed by atoms with Gasteiger partial charge in [-0.25, -0.2) is 0 Å². The van der Waals surface area contributed by atoms with Crippen LogP contribution in [0.2, 0.25) is 0 Å². The molecule has 1 aromatic rings. The van der Waals surface area contributed by atoms with Crippen molar-refractivity contribution in [2.24, 2.45) is 0 Å². The number of nitrogens with one attached hydrogen (secondary N) is 1. The summed E-state index contributed by atoms with van der Waals surface area (Å²) >= 11 is 1.87. The van der Waals surface area contributed by atoms with E-state index in [2.05, 4.69) is 0 Å². The van der Waals surface area contributed by atoms with E-state index in [4.69, 9.17) is 5.11 Å². The lowest BCUT2D eigenvalue weighted by Gasteiger charge is -2.30. The third-order valence-corrected chi connectivity index (χ3v) is 2.87. The molecule has 80 valence electrons. The first-order valence-electron chi connectivity index (χ1n) is 4.09. The summed E-state index contributed by atoms with van der Waals surface area (Å²) in [6.07, 6.45) is -2.16. The first kappa shape index (κ1) is 10.7. The number of benzene rings is 1. The van der Waals surface area contributed by atoms with Crippen molar-refractivity contribution in [1.29, 1.82) is 0 Å². The van der Waals surface area contributed by atoms with Crippen LogP contribution in [0.25, 0.3) is 0 Å². The molecule has 0 aromatic heterocycles. The lowest BCUT2D eigenvalue weighted by molar-refractivity contribution is -0.128. The molecule has 1 aliphatic rings. The number of carbonyl (C=O) groups excluding carboxylic acids is 1. The maximum absolute atomic E-state index is 13.5. The zero-order chi connectivity index (χ0) is 11.2. The van der Waals surface area contributed by atoms with Crippen LogP contribution in [-0.2, 0) is 5.92 Å². The normalized spacial score (nSPS) is 23.2. The average Bonchev–Trinajstić information content (AvgIpc) is 2.15. The molecule has 0 spiro atoms. The number of fused-ring (bicyclic) bond motifs is 1. The molecule has 6 heteroatoms. The Morgan fingerprint density at radius 2 is 2.13 bits per heavy atom. The standard InChI is InChI=1S/C9H6F2INO2/c10-9(11)6-3-4(12)1-2-5(6)7(14)13-8(9)15/h1-3,8,15H,(H,13,14). The molecule has 15 heavy (non-hydrogen) atoms. The van der Waals surface area contributed by atoms with Crippen LogP contribution in [-0.4, -0.2) is 17.2 Å². The van der Waals surface area contributed by atoms with Crippen molar-refractivity contribution in [3.8, 4) is 0 Å². The Labute approximate surface area is 97.6 Å². The first-order valence-corrected chi connectivity index (χ1v) is 5.17. The van der Waals surface area contributed by atoms with Gasteiger partial charge in [0.15, 0.2) is 6.23 Å². The molecule has 1 atom stereocenters. The van der Waals surface area contributed by atoms with Crippen molar-refractivity contribution in [3.63, 3.8) is 0 Å². The molecule has 0 saturated heterocycles. The van der Waals surface area contributed by atoms with Crippen LogP contribution in [0.4, 0.5) is 8.78 Å². The van der Waals surface area contributed by atoms with Gasteiger partial charge in [0, 0.05) is 14.7 Å². The van der Waals surface area contributed by atoms with E-state index in [1.165, 1.54) is 12.1 Å². The van der Waals surface area contributed by atoms with E-state index >= 15 is 0 Å². The van der Waals surface area contributed by atoms with E-state index in [0.717, 1.165) is 0 Å². The molecular weight excluding hydrogens is 319 g/mol. The van der Waals surface area contributed by atoms with Crippen LogP contribution in [0.15, 0.2) is 18.2 Å². The van der Waals surface area contributed by atoms with Crippen LogP contribution in [0.3, 0.4) is 0 Å². The Morgan fingerprint density at radius 3 is 2.80 bits per heavy atom. The SMILES string of the molecule is O=C1NC(O)C(F)(F)c2cc(I)ccc21. The van der Waals surface area contributed by atoms with Gasteiger partial charge in [0.25, 0.3) is 5.91 Å². The number of hydrogen-bond acceptors (Lipinski definition) is 2. The molecule has 1 aromatic carbocycles. The van der Waals surface area contributed by atoms with Gasteiger partial charge in [0.1, 0.15) is 0 Å². The molecule has 2 N–H and O–H groups in total. The molecule has 0 radical (unpaired) electrons. The molecule has 1 unspecified atom stereocenters. The number of rotatable bonds is 0. The number of amides is 1. The third kappa shape index (κ3) is 1.61. The van der Waals surface area contributed by atoms with Gasteiger partial charge >= 0.3 is 5.92 Å². The number of hydrogen-bond donors (Lipinski definition) is 2. The second-order valence-electron chi connectivity index (χ2n) is 3.19. The fourth-order valence-corrected chi connectivity index (χ4v) is 1.92. The van der Waals surface area contributed by atoms with Crippen molar-refractivity contribution in [2.45, 2.75) is 12.2 Å². The summed E-state index contributed by atoms with van der Waals surface area (Å²) in [6, 6.07) is 4.09. The van der Waals surface area contributed by atoms with Gasteiger partial charge in [-0.05, 0) is 40.8 Å². The van der Waals surface area contributed by atoms with E-state index in [0.29, 0.717) is 3.57 Å². The minimum atomic E-state index is -3.44. The lowest BCUT2D eigenvalue weighted by Crippen LogP contribution is -2.51. The summed E-state index contributed by atoms with van der Waals surface area (Å²) in [4.78, 5) is 11.3. The highest BCUT2D eigenvalue weighted by Crippen LogP contribution is 2.37. The van der Waals surface area contributed by atoms with Crippen LogP contribution in [0.5, 0.6) is 0 Å². The molecule has 0 bridgehead atoms. The highest BCUT2D eigenvalue weighted by molar-refractivity contribution is 14.1. The van der Waals surface area contributed by atoms with Crippen LogP contribution < -0.4 is 5.32 Å². The predicted octanol–water partition coefficient (Wildman–Crippen LogP) is 1.44. The maximum Gasteiger partial charge on any atom is 0.317 e. The molecule has 2 rings (SSSR count). The number of carbonyl (C=O) groups is 1. The van der Waals surface area contributed by atoms with Crippen molar-refractivity contribution in [2.75, 3.05) is 0 Å². The molecular formula is C9H6F2INO2. The van der Waals surface area contributed by atoms with Crippen molar-refractivity contribution >= 4 is 28.5 Å². The molecule has 3 nitrogen and oxygen atoms in total. The minimum Gasteiger partial charge on any atom is -0.368 e. The summed E-state index contributed by atoms with van der Waals surface area (Å²) in [5.41, 5.74) is -0.517. The van der Waals surface area contributed by atoms with Gasteiger partial charge in [0.2, 0.25) is 0 Å². The Bertz CT molecular complexity index is 436. The second kappa shape index (κ2) is 3.38. The topological polar surface area (TPSA) is 49.3 Å². The van der Waals surface area contributed by atoms with Gasteiger partial charge < -0.3 is 10.4 Å². The zero-order valence-corrected chi connectivity index (χ0v) is 9.46. The Kier molecular flexibility index (Phi) is 2.42. The van der Waals surface area contributed by atoms with Crippen LogP contribution in [0, 0.1) is 3.57 Å². The second-order valence-corrected chi connectivity index (χ2v) is 4.43. The van der Waals surface area contributed by atoms with E-state index in [-0.39, 0.29) is 5.56 Å². The summed E-state index contributed by atoms with van der Waals surface area (Å²) in [5.74, 6) is -4.12. The number of aliphatic hydroxyl groups excluding tert-OH is 1. The summed E-state index contributed by atoms with van der Waals surface area (Å²) < 4.78 is 27.5. The molecule has 1 aliphatic heterocycles. The fourth-order valence-electron chi connectivity index (χ4n) is 1.43. The molecule has 1 amide bonds. The largest absolute Gasteiger partial charge is 0.368 e. The van der Waals surface area contributed by atoms with Crippen molar-refractivity contribution in [3.05, 3.63) is 32.9 Å². The molecule has 0 aliphatic carbocycles. The van der Waals surface area contributed by atoms with Gasteiger partial charge in [-0.15, -0.1) is 0 Å². The highest BCUT2D eigenvalue weighted by Gasteiger charge is 2.47. The van der Waals surface area contributed by atoms with E-state index < -0.39 is 23.6 Å². The van der Waals surface area contributed by atoms with E-state index in [1.54, 1.807) is 6.07 Å². The average molecular weight is 325 g/mol.